The predicted molar refractivity (Wildman–Crippen MR) is 122 cm³/mol. The van der Waals surface area contributed by atoms with Crippen LogP contribution in [0.1, 0.15) is 30.4 Å². The Morgan fingerprint density at radius 1 is 0.812 bits per heavy atom. The topological polar surface area (TPSA) is 188 Å². The molecule has 2 rings (SSSR count). The van der Waals surface area contributed by atoms with Gasteiger partial charge in [-0.1, -0.05) is 0 Å². The second-order valence-electron chi connectivity index (χ2n) is 6.38. The second-order valence-corrected chi connectivity index (χ2v) is 7.03. The third-order valence-electron chi connectivity index (χ3n) is 3.93. The monoisotopic (exact) mass is 465 g/mol. The van der Waals surface area contributed by atoms with Gasteiger partial charge in [-0.05, 0) is 67.8 Å². The number of aliphatic hydroxyl groups is 1. The first-order valence-corrected chi connectivity index (χ1v) is 10.8. The van der Waals surface area contributed by atoms with Crippen LogP contribution < -0.4 is 20.9 Å². The van der Waals surface area contributed by atoms with E-state index in [0.717, 1.165) is 30.8 Å². The van der Waals surface area contributed by atoms with Gasteiger partial charge in [-0.3, -0.25) is 15.0 Å². The van der Waals surface area contributed by atoms with Crippen molar-refractivity contribution in [2.24, 2.45) is 11.5 Å². The van der Waals surface area contributed by atoms with E-state index in [9.17, 15) is 8.76 Å². The van der Waals surface area contributed by atoms with Gasteiger partial charge in [0.25, 0.3) is 0 Å². The summed E-state index contributed by atoms with van der Waals surface area (Å²) in [4.78, 5) is 0. The second kappa shape index (κ2) is 15.8. The quantitative estimate of drug-likeness (QED) is 0.128. The molecule has 0 bridgehead atoms. The van der Waals surface area contributed by atoms with Gasteiger partial charge in [0.1, 0.15) is 23.2 Å². The number of unbranched alkanes of at least 4 members (excludes halogenated alkanes) is 2. The molecule has 0 aliphatic carbocycles. The maximum Gasteiger partial charge on any atom is 0.122 e. The van der Waals surface area contributed by atoms with Crippen LogP contribution in [-0.4, -0.2) is 52.0 Å². The van der Waals surface area contributed by atoms with Crippen molar-refractivity contribution in [2.75, 3.05) is 26.4 Å². The Morgan fingerprint density at radius 3 is 1.50 bits per heavy atom. The van der Waals surface area contributed by atoms with Crippen molar-refractivity contribution in [3.8, 4) is 11.5 Å². The molecule has 7 N–H and O–H groups in total. The number of nitrogens with one attached hydrogen (secondary N) is 2. The van der Waals surface area contributed by atoms with E-state index in [4.69, 9.17) is 36.9 Å². The third-order valence-corrected chi connectivity index (χ3v) is 4.29. The van der Waals surface area contributed by atoms with E-state index in [0.29, 0.717) is 24.3 Å². The molecule has 11 heteroatoms. The fourth-order valence-corrected chi connectivity index (χ4v) is 2.54. The molecule has 176 valence electrons. The number of nitrogens with two attached hydrogens (primary N) is 2. The minimum absolute atomic E-state index is 0.0579. The van der Waals surface area contributed by atoms with Gasteiger partial charge in [-0.25, -0.2) is 4.21 Å². The first kappa shape index (κ1) is 27.0. The number of aliphatic hydroxyl groups excluding tert-OH is 1. The number of amidine groups is 2. The third kappa shape index (κ3) is 12.0. The molecule has 0 aromatic heterocycles. The van der Waals surface area contributed by atoms with Gasteiger partial charge < -0.3 is 30.6 Å². The van der Waals surface area contributed by atoms with E-state index in [-0.39, 0.29) is 24.9 Å². The SMILES string of the molecule is N=C(N)c1ccc(OCCCCCOc2ccc(C(=N)N)cc2)cc1.O=S([O-])OCCO. The van der Waals surface area contributed by atoms with Gasteiger partial charge in [0.2, 0.25) is 0 Å². The molecule has 32 heavy (non-hydrogen) atoms. The van der Waals surface area contributed by atoms with Gasteiger partial charge in [0.15, 0.2) is 0 Å². The molecule has 2 aromatic rings. The zero-order chi connectivity index (χ0) is 23.8. The van der Waals surface area contributed by atoms with E-state index >= 15 is 0 Å². The fourth-order valence-electron chi connectivity index (χ4n) is 2.33. The largest absolute Gasteiger partial charge is 0.750 e. The summed E-state index contributed by atoms with van der Waals surface area (Å²) in [5.41, 5.74) is 12.2. The summed E-state index contributed by atoms with van der Waals surface area (Å²) < 4.78 is 34.0. The van der Waals surface area contributed by atoms with Gasteiger partial charge in [0.05, 0.1) is 37.8 Å². The molecule has 1 atom stereocenters. The highest BCUT2D eigenvalue weighted by Gasteiger charge is 1.99. The molecule has 10 nitrogen and oxygen atoms in total. The Hall–Kier alpha value is -2.99. The average Bonchev–Trinajstić information content (AvgIpc) is 2.78. The summed E-state index contributed by atoms with van der Waals surface area (Å²) in [6.07, 6.45) is 2.90. The van der Waals surface area contributed by atoms with Gasteiger partial charge in [0, 0.05) is 11.1 Å². The zero-order valence-electron chi connectivity index (χ0n) is 17.6. The molecule has 0 heterocycles. The lowest BCUT2D eigenvalue weighted by molar-refractivity contribution is 0.200. The summed E-state index contributed by atoms with van der Waals surface area (Å²) in [6, 6.07) is 14.4. The van der Waals surface area contributed by atoms with Crippen LogP contribution in [0.25, 0.3) is 0 Å². The van der Waals surface area contributed by atoms with Crippen molar-refractivity contribution in [3.63, 3.8) is 0 Å². The smallest absolute Gasteiger partial charge is 0.122 e. The first-order chi connectivity index (χ1) is 15.3. The maximum absolute atomic E-state index is 9.42. The molecular weight excluding hydrogens is 436 g/mol. The van der Waals surface area contributed by atoms with Gasteiger partial charge in [-0.2, -0.15) is 0 Å². The molecule has 2 aromatic carbocycles. The standard InChI is InChI=1S/C19H24N4O2.C2H6O4S/c20-18(21)14-4-8-16(9-5-14)24-12-2-1-3-13-25-17-10-6-15(7-11-17)19(22)23;3-1-2-6-7(4)5/h4-11H,1-3,12-13H2,(H3,20,21)(H3,22,23);3H,1-2H2,(H,4,5)/p-1. The lowest BCUT2D eigenvalue weighted by Crippen LogP contribution is -2.10. The Bertz CT molecular complexity index is 785. The molecule has 0 saturated heterocycles. The number of nitrogen functional groups attached to an aromatic ring is 2. The van der Waals surface area contributed by atoms with Crippen molar-refractivity contribution in [2.45, 2.75) is 19.3 Å². The Morgan fingerprint density at radius 2 is 1.22 bits per heavy atom. The van der Waals surface area contributed by atoms with Gasteiger partial charge in [-0.15, -0.1) is 0 Å². The van der Waals surface area contributed by atoms with Crippen molar-refractivity contribution in [1.29, 1.82) is 10.8 Å². The van der Waals surface area contributed by atoms with E-state index in [1.807, 2.05) is 24.3 Å². The lowest BCUT2D eigenvalue weighted by atomic mass is 10.2. The molecule has 0 aliphatic heterocycles. The predicted octanol–water partition coefficient (Wildman–Crippen LogP) is 1.67. The van der Waals surface area contributed by atoms with E-state index in [1.54, 1.807) is 24.3 Å². The molecule has 0 fully saturated rings. The zero-order valence-corrected chi connectivity index (χ0v) is 18.4. The van der Waals surface area contributed by atoms with Crippen LogP contribution in [0.4, 0.5) is 0 Å². The molecule has 0 radical (unpaired) electrons. The van der Waals surface area contributed by atoms with Crippen molar-refractivity contribution >= 4 is 23.0 Å². The number of benzene rings is 2. The molecule has 0 aliphatic rings. The minimum Gasteiger partial charge on any atom is -0.750 e. The summed E-state index contributed by atoms with van der Waals surface area (Å²) in [5, 5.41) is 22.6. The summed E-state index contributed by atoms with van der Waals surface area (Å²) in [6.45, 7) is 0.865. The highest BCUT2D eigenvalue weighted by atomic mass is 32.2. The number of hydrogen-bond acceptors (Lipinski definition) is 8. The van der Waals surface area contributed by atoms with Crippen molar-refractivity contribution < 1.29 is 27.5 Å². The normalized spacial score (nSPS) is 11.1. The maximum atomic E-state index is 9.42. The molecule has 0 amide bonds. The summed E-state index contributed by atoms with van der Waals surface area (Å²) in [5.74, 6) is 1.68. The van der Waals surface area contributed by atoms with Crippen LogP contribution >= 0.6 is 0 Å². The van der Waals surface area contributed by atoms with Crippen molar-refractivity contribution in [1.82, 2.24) is 0 Å². The van der Waals surface area contributed by atoms with Crippen molar-refractivity contribution in [3.05, 3.63) is 59.7 Å². The Balaban J connectivity index is 0.000000633. The minimum atomic E-state index is -2.48. The Kier molecular flexibility index (Phi) is 13.3. The first-order valence-electron chi connectivity index (χ1n) is 9.81. The van der Waals surface area contributed by atoms with E-state index in [1.165, 1.54) is 0 Å². The van der Waals surface area contributed by atoms with Crippen LogP contribution in [0.2, 0.25) is 0 Å². The van der Waals surface area contributed by atoms with Crippen LogP contribution in [0, 0.1) is 10.8 Å². The molecule has 0 spiro atoms. The lowest BCUT2D eigenvalue weighted by Gasteiger charge is -2.08. The fraction of sp³-hybridized carbons (Fsp3) is 0.333. The van der Waals surface area contributed by atoms with Gasteiger partial charge >= 0.3 is 0 Å². The molecule has 0 saturated carbocycles. The van der Waals surface area contributed by atoms with Crippen LogP contribution in [0.15, 0.2) is 48.5 Å². The number of hydrogen-bond donors (Lipinski definition) is 5. The molecular formula is C21H29N4O6S-. The van der Waals surface area contributed by atoms with E-state index < -0.39 is 11.4 Å². The highest BCUT2D eigenvalue weighted by Crippen LogP contribution is 2.14. The van der Waals surface area contributed by atoms with Crippen LogP contribution in [0.5, 0.6) is 11.5 Å². The number of ether oxygens (including phenoxy) is 2. The highest BCUT2D eigenvalue weighted by molar-refractivity contribution is 7.74. The average molecular weight is 466 g/mol. The Labute approximate surface area is 190 Å². The van der Waals surface area contributed by atoms with Crippen LogP contribution in [0.3, 0.4) is 0 Å². The molecule has 1 unspecified atom stereocenters. The summed E-state index contributed by atoms with van der Waals surface area (Å²) >= 11 is -2.48. The summed E-state index contributed by atoms with van der Waals surface area (Å²) in [7, 11) is 0. The number of rotatable bonds is 13. The van der Waals surface area contributed by atoms with E-state index in [2.05, 4.69) is 4.18 Å². The van der Waals surface area contributed by atoms with Crippen LogP contribution in [-0.2, 0) is 15.5 Å².